The zero-order chi connectivity index (χ0) is 17.8. The molecule has 1 amide bonds. The molecule has 2 aromatic carbocycles. The van der Waals surface area contributed by atoms with E-state index in [0.717, 1.165) is 17.7 Å². The Morgan fingerprint density at radius 2 is 1.88 bits per heavy atom. The molecule has 0 fully saturated rings. The smallest absolute Gasteiger partial charge is 0.251 e. The van der Waals surface area contributed by atoms with Crippen molar-refractivity contribution in [2.45, 2.75) is 33.4 Å². The number of hydrogen-bond acceptors (Lipinski definition) is 2. The monoisotopic (exact) mass is 333 g/mol. The normalized spacial score (nSPS) is 12.0. The van der Waals surface area contributed by atoms with Gasteiger partial charge in [0.15, 0.2) is 0 Å². The van der Waals surface area contributed by atoms with E-state index in [4.69, 9.17) is 0 Å². The van der Waals surface area contributed by atoms with Crippen molar-refractivity contribution in [3.05, 3.63) is 89.0 Å². The van der Waals surface area contributed by atoms with Crippen LogP contribution in [0.5, 0.6) is 0 Å². The maximum atomic E-state index is 12.5. The summed E-state index contributed by atoms with van der Waals surface area (Å²) in [5.74, 6) is -0.0556. The molecule has 0 unspecified atom stereocenters. The molecule has 1 aromatic heterocycles. The van der Waals surface area contributed by atoms with Crippen molar-refractivity contribution in [1.82, 2.24) is 14.9 Å². The van der Waals surface area contributed by atoms with Gasteiger partial charge in [-0.05, 0) is 55.2 Å². The Hall–Kier alpha value is -2.88. The Balaban J connectivity index is 1.65. The molecular weight excluding hydrogens is 310 g/mol. The molecule has 0 saturated heterocycles. The van der Waals surface area contributed by atoms with Crippen LogP contribution in [-0.2, 0) is 6.54 Å². The third-order valence-electron chi connectivity index (χ3n) is 4.52. The highest BCUT2D eigenvalue weighted by atomic mass is 16.1. The Morgan fingerprint density at radius 1 is 1.12 bits per heavy atom. The molecule has 3 rings (SSSR count). The van der Waals surface area contributed by atoms with Crippen LogP contribution in [0.25, 0.3) is 0 Å². The van der Waals surface area contributed by atoms with Crippen LogP contribution in [0.3, 0.4) is 0 Å². The minimum Gasteiger partial charge on any atom is -0.346 e. The van der Waals surface area contributed by atoms with Gasteiger partial charge in [0.1, 0.15) is 0 Å². The van der Waals surface area contributed by atoms with Gasteiger partial charge in [0, 0.05) is 24.5 Å². The summed E-state index contributed by atoms with van der Waals surface area (Å²) < 4.78 is 2.00. The van der Waals surface area contributed by atoms with Gasteiger partial charge in [0.05, 0.1) is 12.4 Å². The number of amides is 1. The number of rotatable bonds is 5. The Bertz CT molecular complexity index is 851. The van der Waals surface area contributed by atoms with Crippen molar-refractivity contribution in [2.75, 3.05) is 0 Å². The van der Waals surface area contributed by atoms with Gasteiger partial charge in [-0.3, -0.25) is 4.79 Å². The highest BCUT2D eigenvalue weighted by Crippen LogP contribution is 2.17. The van der Waals surface area contributed by atoms with Gasteiger partial charge in [0.2, 0.25) is 0 Å². The third kappa shape index (κ3) is 4.15. The molecule has 0 aliphatic carbocycles. The summed E-state index contributed by atoms with van der Waals surface area (Å²) in [5.41, 5.74) is 5.42. The largest absolute Gasteiger partial charge is 0.346 e. The molecule has 0 saturated carbocycles. The molecule has 25 heavy (non-hydrogen) atoms. The summed E-state index contributed by atoms with van der Waals surface area (Å²) in [5, 5.41) is 3.07. The van der Waals surface area contributed by atoms with Crippen LogP contribution in [0.15, 0.2) is 61.2 Å². The first kappa shape index (κ1) is 17.0. The Kier molecular flexibility index (Phi) is 4.98. The van der Waals surface area contributed by atoms with Gasteiger partial charge >= 0.3 is 0 Å². The average molecular weight is 333 g/mol. The predicted octanol–water partition coefficient (Wildman–Crippen LogP) is 4.04. The van der Waals surface area contributed by atoms with Crippen molar-refractivity contribution in [1.29, 1.82) is 0 Å². The second-order valence-corrected chi connectivity index (χ2v) is 6.47. The van der Waals surface area contributed by atoms with E-state index in [0.29, 0.717) is 5.56 Å². The number of carbonyl (C=O) groups is 1. The standard InChI is InChI=1S/C21H23N3O/c1-15-4-7-20(12-16(15)2)17(3)23-21(25)19-8-5-18(6-9-19)13-24-11-10-22-14-24/h4-12,14,17H,13H2,1-3H3,(H,23,25)/t17-/m0/s1. The van der Waals surface area contributed by atoms with Crippen LogP contribution in [0.1, 0.15) is 45.6 Å². The molecule has 0 radical (unpaired) electrons. The van der Waals surface area contributed by atoms with Crippen LogP contribution < -0.4 is 5.32 Å². The number of nitrogens with one attached hydrogen (secondary N) is 1. The minimum absolute atomic E-state index is 0.0302. The summed E-state index contributed by atoms with van der Waals surface area (Å²) in [6, 6.07) is 14.0. The van der Waals surface area contributed by atoms with E-state index in [1.807, 2.05) is 42.0 Å². The average Bonchev–Trinajstić information content (AvgIpc) is 3.11. The highest BCUT2D eigenvalue weighted by molar-refractivity contribution is 5.94. The first-order valence-corrected chi connectivity index (χ1v) is 8.45. The van der Waals surface area contributed by atoms with Crippen LogP contribution >= 0.6 is 0 Å². The first-order chi connectivity index (χ1) is 12.0. The van der Waals surface area contributed by atoms with E-state index in [-0.39, 0.29) is 11.9 Å². The van der Waals surface area contributed by atoms with Crippen LogP contribution in [0.2, 0.25) is 0 Å². The van der Waals surface area contributed by atoms with Gasteiger partial charge in [-0.15, -0.1) is 0 Å². The fourth-order valence-electron chi connectivity index (χ4n) is 2.75. The lowest BCUT2D eigenvalue weighted by atomic mass is 10.0. The zero-order valence-corrected chi connectivity index (χ0v) is 14.9. The molecule has 1 atom stereocenters. The summed E-state index contributed by atoms with van der Waals surface area (Å²) in [7, 11) is 0. The molecule has 0 spiro atoms. The molecule has 1 N–H and O–H groups in total. The van der Waals surface area contributed by atoms with E-state index in [2.05, 4.69) is 42.3 Å². The third-order valence-corrected chi connectivity index (χ3v) is 4.52. The second-order valence-electron chi connectivity index (χ2n) is 6.47. The lowest BCUT2D eigenvalue weighted by Gasteiger charge is -2.16. The van der Waals surface area contributed by atoms with Gasteiger partial charge in [-0.1, -0.05) is 30.3 Å². The van der Waals surface area contributed by atoms with E-state index in [9.17, 15) is 4.79 Å². The van der Waals surface area contributed by atoms with Crippen LogP contribution in [0, 0.1) is 13.8 Å². The minimum atomic E-state index is -0.0556. The SMILES string of the molecule is Cc1ccc([C@H](C)NC(=O)c2ccc(Cn3ccnc3)cc2)cc1C. The topological polar surface area (TPSA) is 46.9 Å². The molecule has 0 aliphatic rings. The van der Waals surface area contributed by atoms with Crippen molar-refractivity contribution >= 4 is 5.91 Å². The highest BCUT2D eigenvalue weighted by Gasteiger charge is 2.12. The molecular formula is C21H23N3O. The molecule has 0 bridgehead atoms. The van der Waals surface area contributed by atoms with E-state index in [1.165, 1.54) is 11.1 Å². The van der Waals surface area contributed by atoms with E-state index >= 15 is 0 Å². The lowest BCUT2D eigenvalue weighted by Crippen LogP contribution is -2.26. The first-order valence-electron chi connectivity index (χ1n) is 8.45. The van der Waals surface area contributed by atoms with Gasteiger partial charge < -0.3 is 9.88 Å². The second kappa shape index (κ2) is 7.34. The zero-order valence-electron chi connectivity index (χ0n) is 14.9. The van der Waals surface area contributed by atoms with Crippen molar-refractivity contribution in [3.63, 3.8) is 0 Å². The number of nitrogens with zero attached hydrogens (tertiary/aromatic N) is 2. The molecule has 1 heterocycles. The fraction of sp³-hybridized carbons (Fsp3) is 0.238. The van der Waals surface area contributed by atoms with Gasteiger partial charge in [-0.2, -0.15) is 0 Å². The van der Waals surface area contributed by atoms with E-state index < -0.39 is 0 Å². The van der Waals surface area contributed by atoms with Crippen LogP contribution in [0.4, 0.5) is 0 Å². The number of hydrogen-bond donors (Lipinski definition) is 1. The summed E-state index contributed by atoms with van der Waals surface area (Å²) >= 11 is 0. The molecule has 0 aliphatic heterocycles. The predicted molar refractivity (Wildman–Crippen MR) is 99.6 cm³/mol. The number of carbonyl (C=O) groups excluding carboxylic acids is 1. The van der Waals surface area contributed by atoms with Crippen molar-refractivity contribution in [2.24, 2.45) is 0 Å². The van der Waals surface area contributed by atoms with Crippen LogP contribution in [-0.4, -0.2) is 15.5 Å². The fourth-order valence-corrected chi connectivity index (χ4v) is 2.75. The summed E-state index contributed by atoms with van der Waals surface area (Å²) in [4.78, 5) is 16.5. The van der Waals surface area contributed by atoms with E-state index in [1.54, 1.807) is 12.5 Å². The summed E-state index contributed by atoms with van der Waals surface area (Å²) in [6.45, 7) is 6.94. The van der Waals surface area contributed by atoms with Crippen molar-refractivity contribution in [3.8, 4) is 0 Å². The number of benzene rings is 2. The van der Waals surface area contributed by atoms with Gasteiger partial charge in [-0.25, -0.2) is 4.98 Å². The Morgan fingerprint density at radius 3 is 2.52 bits per heavy atom. The molecule has 4 nitrogen and oxygen atoms in total. The number of aryl methyl sites for hydroxylation is 2. The number of imidazole rings is 1. The molecule has 128 valence electrons. The Labute approximate surface area is 148 Å². The maximum Gasteiger partial charge on any atom is 0.251 e. The van der Waals surface area contributed by atoms with Gasteiger partial charge in [0.25, 0.3) is 5.91 Å². The summed E-state index contributed by atoms with van der Waals surface area (Å²) in [6.07, 6.45) is 5.47. The quantitative estimate of drug-likeness (QED) is 0.766. The maximum absolute atomic E-state index is 12.5. The lowest BCUT2D eigenvalue weighted by molar-refractivity contribution is 0.0940. The van der Waals surface area contributed by atoms with Crippen molar-refractivity contribution < 1.29 is 4.79 Å². The number of aromatic nitrogens is 2. The molecule has 3 aromatic rings. The molecule has 4 heteroatoms.